The highest BCUT2D eigenvalue weighted by Gasteiger charge is 2.61. The molecule has 2 N–H and O–H groups in total. The molecule has 0 amide bonds. The number of aryl methyl sites for hydroxylation is 1. The second-order valence-corrected chi connectivity index (χ2v) is 8.81. The van der Waals surface area contributed by atoms with E-state index in [2.05, 4.69) is 14.8 Å². The predicted octanol–water partition coefficient (Wildman–Crippen LogP) is 5.38. The Morgan fingerprint density at radius 1 is 1.36 bits per heavy atom. The lowest BCUT2D eigenvalue weighted by Gasteiger charge is -2.36. The molecule has 11 heteroatoms. The van der Waals surface area contributed by atoms with Crippen LogP contribution in [0.4, 0.5) is 27.6 Å². The molecule has 0 unspecified atom stereocenters. The number of hydrogen-bond acceptors (Lipinski definition) is 5. The first-order valence-electron chi connectivity index (χ1n) is 9.73. The number of ether oxygens (including phenoxy) is 1. The van der Waals surface area contributed by atoms with E-state index in [-0.39, 0.29) is 33.4 Å². The first-order valence-corrected chi connectivity index (χ1v) is 10.7. The molecule has 1 saturated heterocycles. The molecule has 2 aliphatic rings. The number of benzene rings is 1. The van der Waals surface area contributed by atoms with Gasteiger partial charge in [-0.3, -0.25) is 4.98 Å². The quantitative estimate of drug-likeness (QED) is 0.473. The fourth-order valence-electron chi connectivity index (χ4n) is 4.15. The summed E-state index contributed by atoms with van der Waals surface area (Å²) in [7, 11) is 0. The molecule has 2 aromatic rings. The molecule has 0 aliphatic carbocycles. The number of rotatable bonds is 3. The molecule has 172 valence electrons. The van der Waals surface area contributed by atoms with Crippen molar-refractivity contribution >= 4 is 34.5 Å². The summed E-state index contributed by atoms with van der Waals surface area (Å²) >= 11 is 0.954. The van der Waals surface area contributed by atoms with Crippen LogP contribution in [0, 0.1) is 25.2 Å². The summed E-state index contributed by atoms with van der Waals surface area (Å²) in [5.41, 5.74) is 4.88. The van der Waals surface area contributed by atoms with Gasteiger partial charge in [0.1, 0.15) is 17.2 Å². The maximum Gasteiger partial charge on any atom is 0.415 e. The molecule has 33 heavy (non-hydrogen) atoms. The minimum atomic E-state index is -4.66. The Labute approximate surface area is 190 Å². The van der Waals surface area contributed by atoms with E-state index in [0.717, 1.165) is 23.9 Å². The van der Waals surface area contributed by atoms with Crippen molar-refractivity contribution in [3.05, 3.63) is 70.1 Å². The monoisotopic (exact) mass is 480 g/mol. The fraction of sp³-hybridized carbons (Fsp3) is 0.318. The van der Waals surface area contributed by atoms with Gasteiger partial charge >= 0.3 is 6.18 Å². The fourth-order valence-corrected chi connectivity index (χ4v) is 5.17. The van der Waals surface area contributed by atoms with E-state index < -0.39 is 42.0 Å². The summed E-state index contributed by atoms with van der Waals surface area (Å²) in [4.78, 5) is 11.4. The van der Waals surface area contributed by atoms with Gasteiger partial charge in [0.2, 0.25) is 5.69 Å². The zero-order valence-electron chi connectivity index (χ0n) is 17.2. The lowest BCUT2D eigenvalue weighted by atomic mass is 9.78. The SMILES string of the molecule is [C-]#[N+]c1cnc(/C(F)=C/c2ccc(F)c([C@]34CO[C@H](C(F)(F)F)[C@H]3CSC(N)=N4)c2)c(C)c1. The number of nitrogens with two attached hydrogens (primary N) is 1. The van der Waals surface area contributed by atoms with Crippen molar-refractivity contribution in [2.24, 2.45) is 16.6 Å². The summed E-state index contributed by atoms with van der Waals surface area (Å²) < 4.78 is 75.6. The van der Waals surface area contributed by atoms with Crippen LogP contribution in [-0.2, 0) is 10.3 Å². The molecule has 1 aromatic heterocycles. The van der Waals surface area contributed by atoms with Gasteiger partial charge in [0.25, 0.3) is 0 Å². The maximum atomic E-state index is 14.9. The molecule has 5 nitrogen and oxygen atoms in total. The van der Waals surface area contributed by atoms with Crippen LogP contribution in [0.3, 0.4) is 0 Å². The normalized spacial score (nSPS) is 25.4. The van der Waals surface area contributed by atoms with Crippen LogP contribution >= 0.6 is 11.8 Å². The Bertz CT molecular complexity index is 1210. The van der Waals surface area contributed by atoms with Gasteiger partial charge in [0, 0.05) is 23.4 Å². The molecule has 2 aliphatic heterocycles. The molecule has 3 atom stereocenters. The van der Waals surface area contributed by atoms with Crippen LogP contribution in [0.25, 0.3) is 16.7 Å². The number of thioether (sulfide) groups is 1. The van der Waals surface area contributed by atoms with Gasteiger partial charge in [0.05, 0.1) is 18.9 Å². The smallest absolute Gasteiger partial charge is 0.379 e. The van der Waals surface area contributed by atoms with E-state index in [9.17, 15) is 22.0 Å². The molecule has 4 rings (SSSR count). The number of fused-ring (bicyclic) bond motifs is 1. The van der Waals surface area contributed by atoms with Gasteiger partial charge in [-0.25, -0.2) is 18.6 Å². The topological polar surface area (TPSA) is 64.9 Å². The molecule has 1 aromatic carbocycles. The Hall–Kier alpha value is -2.97. The number of aromatic nitrogens is 1. The van der Waals surface area contributed by atoms with Gasteiger partial charge in [0.15, 0.2) is 11.3 Å². The molecule has 0 bridgehead atoms. The van der Waals surface area contributed by atoms with Gasteiger partial charge < -0.3 is 10.5 Å². The zero-order chi connectivity index (χ0) is 24.0. The lowest BCUT2D eigenvalue weighted by molar-refractivity contribution is -0.215. The highest BCUT2D eigenvalue weighted by molar-refractivity contribution is 8.13. The number of hydrogen-bond donors (Lipinski definition) is 1. The minimum Gasteiger partial charge on any atom is -0.379 e. The van der Waals surface area contributed by atoms with Crippen LogP contribution in [0.15, 0.2) is 35.5 Å². The Kier molecular flexibility index (Phi) is 5.92. The second-order valence-electron chi connectivity index (χ2n) is 7.77. The van der Waals surface area contributed by atoms with Crippen molar-refractivity contribution in [3.8, 4) is 0 Å². The van der Waals surface area contributed by atoms with Crippen LogP contribution in [0.5, 0.6) is 0 Å². The molecule has 0 spiro atoms. The summed E-state index contributed by atoms with van der Waals surface area (Å²) in [5, 5.41) is 0.0314. The highest BCUT2D eigenvalue weighted by Crippen LogP contribution is 2.51. The van der Waals surface area contributed by atoms with Crippen molar-refractivity contribution in [2.45, 2.75) is 24.7 Å². The third kappa shape index (κ3) is 4.20. The van der Waals surface area contributed by atoms with E-state index in [4.69, 9.17) is 17.0 Å². The van der Waals surface area contributed by atoms with E-state index >= 15 is 0 Å². The number of nitrogens with zero attached hydrogens (tertiary/aromatic N) is 3. The summed E-state index contributed by atoms with van der Waals surface area (Å²) in [6, 6.07) is 5.10. The van der Waals surface area contributed by atoms with Gasteiger partial charge in [-0.2, -0.15) is 13.2 Å². The van der Waals surface area contributed by atoms with Crippen molar-refractivity contribution in [1.29, 1.82) is 0 Å². The molecular formula is C22H17F5N4OS. The van der Waals surface area contributed by atoms with Crippen molar-refractivity contribution in [1.82, 2.24) is 4.98 Å². The third-order valence-corrected chi connectivity index (χ3v) is 6.59. The zero-order valence-corrected chi connectivity index (χ0v) is 18.0. The van der Waals surface area contributed by atoms with Gasteiger partial charge in [-0.1, -0.05) is 17.8 Å². The number of pyridine rings is 1. The average Bonchev–Trinajstić information content (AvgIpc) is 3.14. The number of halogens is 5. The first-order chi connectivity index (χ1) is 15.5. The van der Waals surface area contributed by atoms with Gasteiger partial charge in [-0.15, -0.1) is 0 Å². The Morgan fingerprint density at radius 3 is 2.79 bits per heavy atom. The first kappa shape index (κ1) is 23.2. The number of amidine groups is 1. The van der Waals surface area contributed by atoms with Crippen LogP contribution in [0.1, 0.15) is 22.4 Å². The van der Waals surface area contributed by atoms with Crippen LogP contribution < -0.4 is 5.73 Å². The van der Waals surface area contributed by atoms with Crippen molar-refractivity contribution < 1.29 is 26.7 Å². The summed E-state index contributed by atoms with van der Waals surface area (Å²) in [6.07, 6.45) is -4.45. The minimum absolute atomic E-state index is 0.00183. The molecule has 0 saturated carbocycles. The Balaban J connectivity index is 1.78. The van der Waals surface area contributed by atoms with Crippen LogP contribution in [0.2, 0.25) is 0 Å². The van der Waals surface area contributed by atoms with E-state index in [1.807, 2.05) is 0 Å². The highest BCUT2D eigenvalue weighted by atomic mass is 32.2. The van der Waals surface area contributed by atoms with Crippen molar-refractivity contribution in [3.63, 3.8) is 0 Å². The number of alkyl halides is 3. The summed E-state index contributed by atoms with van der Waals surface area (Å²) in [5.74, 6) is -2.78. The van der Waals surface area contributed by atoms with E-state index in [1.165, 1.54) is 24.4 Å². The number of aliphatic imine (C=N–C) groups is 1. The third-order valence-electron chi connectivity index (χ3n) is 5.67. The molecule has 0 radical (unpaired) electrons. The van der Waals surface area contributed by atoms with E-state index in [0.29, 0.717) is 5.56 Å². The Morgan fingerprint density at radius 2 is 2.12 bits per heavy atom. The lowest BCUT2D eigenvalue weighted by Crippen LogP contribution is -2.46. The van der Waals surface area contributed by atoms with Gasteiger partial charge in [-0.05, 0) is 42.3 Å². The standard InChI is InChI=1S/C22H17F5N4OS/c1-11-5-13(29-2)8-30-18(11)17(24)7-12-3-4-16(23)14(6-12)21-10-32-19(22(25,26)27)15(21)9-33-20(28)31-21/h3-8,15,19H,9-10H2,1H3,(H2,28,31)/b17-7-/t15-,19+,21-/m1/s1. The molecule has 3 heterocycles. The largest absolute Gasteiger partial charge is 0.415 e. The van der Waals surface area contributed by atoms with Crippen LogP contribution in [-0.4, -0.2) is 34.8 Å². The molecular weight excluding hydrogens is 463 g/mol. The average molecular weight is 480 g/mol. The van der Waals surface area contributed by atoms with Crippen molar-refractivity contribution in [2.75, 3.05) is 12.4 Å². The van der Waals surface area contributed by atoms with E-state index in [1.54, 1.807) is 6.92 Å². The molecule has 1 fully saturated rings. The predicted molar refractivity (Wildman–Crippen MR) is 116 cm³/mol. The second kappa shape index (κ2) is 8.43. The summed E-state index contributed by atoms with van der Waals surface area (Å²) in [6.45, 7) is 8.09. The maximum absolute atomic E-state index is 14.9.